The number of anilines is 1. The molecular weight excluding hydrogens is 146 g/mol. The van der Waals surface area contributed by atoms with E-state index in [0.717, 1.165) is 6.07 Å². The number of aromatic hydroxyl groups is 2. The van der Waals surface area contributed by atoms with Gasteiger partial charge in [0.15, 0.2) is 0 Å². The van der Waals surface area contributed by atoms with Crippen LogP contribution < -0.4 is 5.32 Å². The van der Waals surface area contributed by atoms with Gasteiger partial charge in [-0.05, 0) is 12.1 Å². The Morgan fingerprint density at radius 2 is 2.09 bits per heavy atom. The van der Waals surface area contributed by atoms with Gasteiger partial charge < -0.3 is 15.5 Å². The van der Waals surface area contributed by atoms with Gasteiger partial charge in [-0.15, -0.1) is 0 Å². The second-order valence-corrected chi connectivity index (χ2v) is 1.93. The van der Waals surface area contributed by atoms with Crippen molar-refractivity contribution in [3.8, 4) is 11.5 Å². The molecule has 1 aromatic rings. The van der Waals surface area contributed by atoms with E-state index < -0.39 is 0 Å². The average molecular weight is 152 g/mol. The van der Waals surface area contributed by atoms with E-state index in [9.17, 15) is 4.79 Å². The number of carbonyl (C=O) groups excluding carboxylic acids is 1. The van der Waals surface area contributed by atoms with Crippen molar-refractivity contribution in [2.45, 2.75) is 0 Å². The maximum absolute atomic E-state index is 9.80. The number of phenols is 2. The Hall–Kier alpha value is -1.71. The molecule has 0 aliphatic heterocycles. The quantitative estimate of drug-likeness (QED) is 0.330. The van der Waals surface area contributed by atoms with Crippen LogP contribution in [-0.4, -0.2) is 16.6 Å². The van der Waals surface area contributed by atoms with Crippen LogP contribution in [0.15, 0.2) is 18.2 Å². The van der Waals surface area contributed by atoms with Crippen molar-refractivity contribution in [3.05, 3.63) is 18.2 Å². The van der Waals surface area contributed by atoms with Gasteiger partial charge in [0.1, 0.15) is 11.5 Å². The van der Waals surface area contributed by atoms with E-state index in [1.165, 1.54) is 18.5 Å². The van der Waals surface area contributed by atoms with Crippen molar-refractivity contribution >= 4 is 12.1 Å². The normalized spacial score (nSPS) is 9.09. The molecule has 1 rings (SSSR count). The van der Waals surface area contributed by atoms with Gasteiger partial charge in [0.05, 0.1) is 5.69 Å². The minimum atomic E-state index is -0.187. The van der Waals surface area contributed by atoms with Crippen LogP contribution in [-0.2, 0) is 4.79 Å². The molecule has 3 N–H and O–H groups in total. The summed E-state index contributed by atoms with van der Waals surface area (Å²) in [5.41, 5.74) is 0.220. The van der Waals surface area contributed by atoms with E-state index >= 15 is 0 Å². The molecule has 0 saturated carbocycles. The summed E-state index contributed by atoms with van der Waals surface area (Å²) in [5, 5.41) is 20.0. The van der Waals surface area contributed by atoms with Crippen LogP contribution in [0.2, 0.25) is 0 Å². The SMILES string of the molecule is O=[C]Nc1ccc(O)cc1O. The smallest absolute Gasteiger partial charge is 0.314 e. The maximum Gasteiger partial charge on any atom is 0.314 e. The molecule has 57 valence electrons. The molecule has 0 heterocycles. The lowest BCUT2D eigenvalue weighted by molar-refractivity contribution is 0.452. The van der Waals surface area contributed by atoms with Gasteiger partial charge in [-0.1, -0.05) is 0 Å². The van der Waals surface area contributed by atoms with Gasteiger partial charge in [-0.25, -0.2) is 0 Å². The molecule has 0 aliphatic rings. The number of nitrogens with one attached hydrogen (secondary N) is 1. The lowest BCUT2D eigenvalue weighted by Gasteiger charge is -2.00. The third kappa shape index (κ3) is 1.61. The van der Waals surface area contributed by atoms with Crippen molar-refractivity contribution in [2.24, 2.45) is 0 Å². The highest BCUT2D eigenvalue weighted by Crippen LogP contribution is 2.26. The van der Waals surface area contributed by atoms with E-state index in [0.29, 0.717) is 0 Å². The Balaban J connectivity index is 2.98. The number of rotatable bonds is 2. The molecule has 0 bridgehead atoms. The van der Waals surface area contributed by atoms with Gasteiger partial charge in [-0.2, -0.15) is 0 Å². The van der Waals surface area contributed by atoms with Crippen molar-refractivity contribution in [2.75, 3.05) is 5.32 Å². The van der Waals surface area contributed by atoms with Gasteiger partial charge in [0.25, 0.3) is 0 Å². The molecular formula is C7H6NO3. The van der Waals surface area contributed by atoms with Crippen molar-refractivity contribution in [1.29, 1.82) is 0 Å². The predicted octanol–water partition coefficient (Wildman–Crippen LogP) is 0.577. The first-order valence-electron chi connectivity index (χ1n) is 2.89. The minimum absolute atomic E-state index is 0.0565. The van der Waals surface area contributed by atoms with Crippen LogP contribution in [0.3, 0.4) is 0 Å². The fraction of sp³-hybridized carbons (Fsp3) is 0. The summed E-state index contributed by atoms with van der Waals surface area (Å²) in [6.45, 7) is 0. The summed E-state index contributed by atoms with van der Waals surface area (Å²) in [4.78, 5) is 9.80. The predicted molar refractivity (Wildman–Crippen MR) is 39.1 cm³/mol. The number of hydrogen-bond donors (Lipinski definition) is 3. The van der Waals surface area contributed by atoms with Gasteiger partial charge in [-0.3, -0.25) is 4.79 Å². The van der Waals surface area contributed by atoms with Crippen molar-refractivity contribution < 1.29 is 15.0 Å². The summed E-state index contributed by atoms with van der Waals surface area (Å²) in [5.74, 6) is -0.243. The lowest BCUT2D eigenvalue weighted by Crippen LogP contribution is -1.92. The third-order valence-corrected chi connectivity index (χ3v) is 1.17. The number of hydrogen-bond acceptors (Lipinski definition) is 3. The molecule has 0 atom stereocenters. The van der Waals surface area contributed by atoms with E-state index in [2.05, 4.69) is 5.32 Å². The Morgan fingerprint density at radius 3 is 2.64 bits per heavy atom. The molecule has 0 fully saturated rings. The fourth-order valence-electron chi connectivity index (χ4n) is 0.681. The Kier molecular flexibility index (Phi) is 1.96. The molecule has 4 nitrogen and oxygen atoms in total. The zero-order valence-corrected chi connectivity index (χ0v) is 5.53. The minimum Gasteiger partial charge on any atom is -0.508 e. The first kappa shape index (κ1) is 7.40. The van der Waals surface area contributed by atoms with Crippen LogP contribution >= 0.6 is 0 Å². The molecule has 0 aliphatic carbocycles. The Morgan fingerprint density at radius 1 is 1.36 bits per heavy atom. The summed E-state index contributed by atoms with van der Waals surface area (Å²) in [7, 11) is 0. The first-order chi connectivity index (χ1) is 5.24. The molecule has 0 spiro atoms. The van der Waals surface area contributed by atoms with Gasteiger partial charge >= 0.3 is 6.41 Å². The maximum atomic E-state index is 9.80. The summed E-state index contributed by atoms with van der Waals surface area (Å²) in [6, 6.07) is 3.84. The second kappa shape index (κ2) is 2.92. The van der Waals surface area contributed by atoms with Crippen LogP contribution in [0.4, 0.5) is 5.69 Å². The molecule has 0 saturated heterocycles. The van der Waals surface area contributed by atoms with Crippen LogP contribution in [0.1, 0.15) is 0 Å². The Labute approximate surface area is 63.1 Å². The van der Waals surface area contributed by atoms with Crippen LogP contribution in [0.25, 0.3) is 0 Å². The average Bonchev–Trinajstić information content (AvgIpc) is 1.95. The number of phenolic OH excluding ortho intramolecular Hbond substituents is 2. The highest BCUT2D eigenvalue weighted by molar-refractivity contribution is 5.76. The van der Waals surface area contributed by atoms with Crippen molar-refractivity contribution in [1.82, 2.24) is 0 Å². The highest BCUT2D eigenvalue weighted by atomic mass is 16.3. The summed E-state index contributed by atoms with van der Waals surface area (Å²) >= 11 is 0. The van der Waals surface area contributed by atoms with Crippen LogP contribution in [0, 0.1) is 0 Å². The molecule has 0 aromatic heterocycles. The van der Waals surface area contributed by atoms with E-state index in [4.69, 9.17) is 10.2 Å². The van der Waals surface area contributed by atoms with E-state index in [1.807, 2.05) is 0 Å². The molecule has 11 heavy (non-hydrogen) atoms. The molecule has 1 amide bonds. The number of benzene rings is 1. The largest absolute Gasteiger partial charge is 0.508 e. The lowest BCUT2D eigenvalue weighted by atomic mass is 10.3. The van der Waals surface area contributed by atoms with E-state index in [-0.39, 0.29) is 17.2 Å². The summed E-state index contributed by atoms with van der Waals surface area (Å²) in [6.07, 6.45) is 1.40. The molecule has 0 unspecified atom stereocenters. The van der Waals surface area contributed by atoms with Crippen LogP contribution in [0.5, 0.6) is 11.5 Å². The monoisotopic (exact) mass is 152 g/mol. The molecule has 4 heteroatoms. The highest BCUT2D eigenvalue weighted by Gasteiger charge is 1.99. The third-order valence-electron chi connectivity index (χ3n) is 1.17. The van der Waals surface area contributed by atoms with Gasteiger partial charge in [0.2, 0.25) is 0 Å². The zero-order valence-electron chi connectivity index (χ0n) is 5.53. The standard InChI is InChI=1S/C7H6NO3/c9-4-8-6-2-1-5(10)3-7(6)11/h1-3,10-11H,(H,8,9). The first-order valence-corrected chi connectivity index (χ1v) is 2.89. The fourth-order valence-corrected chi connectivity index (χ4v) is 0.681. The topological polar surface area (TPSA) is 69.6 Å². The second-order valence-electron chi connectivity index (χ2n) is 1.93. The molecule has 1 aromatic carbocycles. The van der Waals surface area contributed by atoms with Crippen molar-refractivity contribution in [3.63, 3.8) is 0 Å². The number of amides is 1. The molecule has 1 radical (unpaired) electrons. The van der Waals surface area contributed by atoms with E-state index in [1.54, 1.807) is 0 Å². The Bertz CT molecular complexity index is 272. The zero-order chi connectivity index (χ0) is 8.27. The summed E-state index contributed by atoms with van der Waals surface area (Å²) < 4.78 is 0. The van der Waals surface area contributed by atoms with Gasteiger partial charge in [0, 0.05) is 6.07 Å².